The molecule has 0 bridgehead atoms. The molecule has 1 aliphatic heterocycles. The molecule has 4 heterocycles. The number of carbonyl (C=O) groups is 2. The highest BCUT2D eigenvalue weighted by Gasteiger charge is 2.39. The first kappa shape index (κ1) is 27.6. The van der Waals surface area contributed by atoms with E-state index in [1.165, 1.54) is 50.9 Å². The number of benzene rings is 1. The van der Waals surface area contributed by atoms with Crippen molar-refractivity contribution in [3.05, 3.63) is 60.1 Å². The van der Waals surface area contributed by atoms with Crippen molar-refractivity contribution in [1.82, 2.24) is 33.9 Å². The third-order valence-electron chi connectivity index (χ3n) is 7.43. The smallest absolute Gasteiger partial charge is 0.338 e. The molecule has 1 aliphatic carbocycles. The SMILES string of the molecule is NCC(=O)N1CCN(C(=O)c2ccc(Nc3nccn4c(-c5cn(CC6CC6)nc5C(F)(F)F)cnc34)cc2F)CC1. The van der Waals surface area contributed by atoms with Gasteiger partial charge in [-0.1, -0.05) is 0 Å². The Morgan fingerprint density at radius 2 is 1.81 bits per heavy atom. The fourth-order valence-corrected chi connectivity index (χ4v) is 5.04. The largest absolute Gasteiger partial charge is 0.435 e. The molecule has 1 saturated heterocycles. The van der Waals surface area contributed by atoms with Crippen LogP contribution >= 0.6 is 0 Å². The molecule has 2 amide bonds. The number of piperazine rings is 1. The fraction of sp³-hybridized carbons (Fsp3) is 0.370. The summed E-state index contributed by atoms with van der Waals surface area (Å²) in [5.41, 5.74) is 4.84. The van der Waals surface area contributed by atoms with Crippen LogP contribution in [0.3, 0.4) is 0 Å². The number of nitrogens with two attached hydrogens (primary N) is 1. The molecule has 42 heavy (non-hydrogen) atoms. The standard InChI is InChI=1S/C27H27F4N9O2/c28-20-11-17(3-4-18(20)26(42)38-9-7-37(8-10-38)22(41)12-32)35-24-25-34-13-21(40(25)6-5-33-24)19-15-39(14-16-1-2-16)36-23(19)27(29,30)31/h3-6,11,13,15-16H,1-2,7-10,12,14,32H2,(H,33,35). The number of amides is 2. The molecule has 15 heteroatoms. The maximum Gasteiger partial charge on any atom is 0.435 e. The summed E-state index contributed by atoms with van der Waals surface area (Å²) in [4.78, 5) is 36.3. The molecule has 0 spiro atoms. The van der Waals surface area contributed by atoms with Gasteiger partial charge in [0.05, 0.1) is 29.6 Å². The van der Waals surface area contributed by atoms with Crippen molar-refractivity contribution in [2.24, 2.45) is 11.7 Å². The number of hydrogen-bond donors (Lipinski definition) is 2. The number of imidazole rings is 1. The van der Waals surface area contributed by atoms with E-state index in [9.17, 15) is 22.8 Å². The highest BCUT2D eigenvalue weighted by atomic mass is 19.4. The second-order valence-corrected chi connectivity index (χ2v) is 10.4. The van der Waals surface area contributed by atoms with Crippen molar-refractivity contribution < 1.29 is 27.2 Å². The van der Waals surface area contributed by atoms with E-state index < -0.39 is 23.6 Å². The van der Waals surface area contributed by atoms with Crippen LogP contribution < -0.4 is 11.1 Å². The molecular formula is C27H27F4N9O2. The average Bonchev–Trinajstić information content (AvgIpc) is 3.50. The molecule has 4 aromatic rings. The molecule has 11 nitrogen and oxygen atoms in total. The molecule has 2 aliphatic rings. The van der Waals surface area contributed by atoms with Gasteiger partial charge in [0.2, 0.25) is 5.91 Å². The van der Waals surface area contributed by atoms with Gasteiger partial charge in [0.1, 0.15) is 5.82 Å². The Hall–Kier alpha value is -4.53. The van der Waals surface area contributed by atoms with Crippen LogP contribution in [0.1, 0.15) is 28.9 Å². The number of halogens is 4. The van der Waals surface area contributed by atoms with E-state index in [1.54, 1.807) is 4.90 Å². The van der Waals surface area contributed by atoms with Crippen LogP contribution in [0, 0.1) is 11.7 Å². The van der Waals surface area contributed by atoms with Gasteiger partial charge < -0.3 is 20.9 Å². The third kappa shape index (κ3) is 5.38. The lowest BCUT2D eigenvalue weighted by atomic mass is 10.1. The lowest BCUT2D eigenvalue weighted by molar-refractivity contribution is -0.141. The van der Waals surface area contributed by atoms with Gasteiger partial charge in [0.25, 0.3) is 5.91 Å². The Balaban J connectivity index is 1.22. The highest BCUT2D eigenvalue weighted by molar-refractivity contribution is 5.95. The topological polar surface area (TPSA) is 127 Å². The molecular weight excluding hydrogens is 558 g/mol. The minimum Gasteiger partial charge on any atom is -0.338 e. The molecule has 2 fully saturated rings. The average molecular weight is 586 g/mol. The quantitative estimate of drug-likeness (QED) is 0.319. The van der Waals surface area contributed by atoms with E-state index >= 15 is 4.39 Å². The summed E-state index contributed by atoms with van der Waals surface area (Å²) in [5.74, 6) is -0.956. The Labute approximate surface area is 236 Å². The van der Waals surface area contributed by atoms with Gasteiger partial charge in [-0.05, 0) is 37.0 Å². The molecule has 3 N–H and O–H groups in total. The molecule has 6 rings (SSSR count). The summed E-state index contributed by atoms with van der Waals surface area (Å²) in [6.07, 6.45) is 2.87. The summed E-state index contributed by atoms with van der Waals surface area (Å²) in [6, 6.07) is 3.99. The zero-order chi connectivity index (χ0) is 29.6. The first-order valence-electron chi connectivity index (χ1n) is 13.4. The Kier molecular flexibility index (Phi) is 7.04. The lowest BCUT2D eigenvalue weighted by Gasteiger charge is -2.34. The van der Waals surface area contributed by atoms with Crippen LogP contribution in [-0.2, 0) is 17.5 Å². The van der Waals surface area contributed by atoms with Crippen molar-refractivity contribution in [1.29, 1.82) is 0 Å². The number of alkyl halides is 3. The van der Waals surface area contributed by atoms with E-state index in [4.69, 9.17) is 5.73 Å². The number of nitrogens with zero attached hydrogens (tertiary/aromatic N) is 7. The molecule has 1 aromatic carbocycles. The number of anilines is 2. The van der Waals surface area contributed by atoms with Gasteiger partial charge in [0.15, 0.2) is 17.2 Å². The van der Waals surface area contributed by atoms with Crippen molar-refractivity contribution in [2.45, 2.75) is 25.6 Å². The predicted octanol–water partition coefficient (Wildman–Crippen LogP) is 3.15. The van der Waals surface area contributed by atoms with Crippen LogP contribution in [0.2, 0.25) is 0 Å². The van der Waals surface area contributed by atoms with Crippen LogP contribution in [-0.4, -0.2) is 78.5 Å². The molecule has 0 atom stereocenters. The molecule has 220 valence electrons. The van der Waals surface area contributed by atoms with Crippen molar-refractivity contribution >= 4 is 29.0 Å². The van der Waals surface area contributed by atoms with Gasteiger partial charge in [-0.2, -0.15) is 18.3 Å². The minimum atomic E-state index is -4.66. The van der Waals surface area contributed by atoms with E-state index in [1.807, 2.05) is 0 Å². The third-order valence-corrected chi connectivity index (χ3v) is 7.43. The predicted molar refractivity (Wildman–Crippen MR) is 143 cm³/mol. The Morgan fingerprint density at radius 1 is 1.07 bits per heavy atom. The minimum absolute atomic E-state index is 0.102. The van der Waals surface area contributed by atoms with E-state index in [-0.39, 0.29) is 59.5 Å². The normalized spacial score (nSPS) is 15.8. The van der Waals surface area contributed by atoms with Gasteiger partial charge in [-0.3, -0.25) is 18.7 Å². The monoisotopic (exact) mass is 585 g/mol. The molecule has 0 unspecified atom stereocenters. The van der Waals surface area contributed by atoms with Gasteiger partial charge >= 0.3 is 6.18 Å². The lowest BCUT2D eigenvalue weighted by Crippen LogP contribution is -2.52. The maximum absolute atomic E-state index is 15.1. The number of nitrogens with one attached hydrogen (secondary N) is 1. The van der Waals surface area contributed by atoms with Crippen molar-refractivity contribution in [3.8, 4) is 11.3 Å². The molecule has 0 radical (unpaired) electrons. The first-order chi connectivity index (χ1) is 20.1. The summed E-state index contributed by atoms with van der Waals surface area (Å²) in [6.45, 7) is 1.46. The Morgan fingerprint density at radius 3 is 2.48 bits per heavy atom. The zero-order valence-corrected chi connectivity index (χ0v) is 22.3. The van der Waals surface area contributed by atoms with Gasteiger partial charge in [-0.15, -0.1) is 0 Å². The number of aromatic nitrogens is 5. The second-order valence-electron chi connectivity index (χ2n) is 10.4. The molecule has 3 aromatic heterocycles. The number of carbonyl (C=O) groups excluding carboxylic acids is 2. The zero-order valence-electron chi connectivity index (χ0n) is 22.3. The van der Waals surface area contributed by atoms with Crippen LogP contribution in [0.25, 0.3) is 16.9 Å². The first-order valence-corrected chi connectivity index (χ1v) is 13.4. The van der Waals surface area contributed by atoms with E-state index in [2.05, 4.69) is 20.4 Å². The summed E-state index contributed by atoms with van der Waals surface area (Å²) in [5, 5.41) is 6.77. The van der Waals surface area contributed by atoms with Gasteiger partial charge in [-0.25, -0.2) is 14.4 Å². The Bertz CT molecular complexity index is 1650. The second kappa shape index (κ2) is 10.7. The number of hydrogen-bond acceptors (Lipinski definition) is 7. The van der Waals surface area contributed by atoms with Crippen molar-refractivity contribution in [3.63, 3.8) is 0 Å². The highest BCUT2D eigenvalue weighted by Crippen LogP contribution is 2.38. The van der Waals surface area contributed by atoms with Crippen LogP contribution in [0.15, 0.2) is 43.0 Å². The number of rotatable bonds is 7. The van der Waals surface area contributed by atoms with Crippen LogP contribution in [0.4, 0.5) is 29.1 Å². The fourth-order valence-electron chi connectivity index (χ4n) is 5.04. The van der Waals surface area contributed by atoms with E-state index in [0.717, 1.165) is 18.9 Å². The van der Waals surface area contributed by atoms with Crippen LogP contribution in [0.5, 0.6) is 0 Å². The maximum atomic E-state index is 15.1. The number of fused-ring (bicyclic) bond motifs is 1. The van der Waals surface area contributed by atoms with Crippen molar-refractivity contribution in [2.75, 3.05) is 38.0 Å². The van der Waals surface area contributed by atoms with E-state index in [0.29, 0.717) is 25.6 Å². The molecule has 1 saturated carbocycles. The summed E-state index contributed by atoms with van der Waals surface area (Å²) < 4.78 is 59.5. The van der Waals surface area contributed by atoms with Gasteiger partial charge in [0, 0.05) is 57.0 Å². The summed E-state index contributed by atoms with van der Waals surface area (Å²) in [7, 11) is 0. The summed E-state index contributed by atoms with van der Waals surface area (Å²) >= 11 is 0.